The van der Waals surface area contributed by atoms with Gasteiger partial charge in [0.05, 0.1) is 6.61 Å². The molecule has 5 rings (SSSR count). The monoisotopic (exact) mass is 610 g/mol. The first-order chi connectivity index (χ1) is 21.0. The molecular weight excluding hydrogens is 584 g/mol. The third-order valence-electron chi connectivity index (χ3n) is 6.77. The van der Waals surface area contributed by atoms with Crippen LogP contribution in [-0.2, 0) is 14.3 Å². The Balaban J connectivity index is 1.51. The van der Waals surface area contributed by atoms with E-state index in [0.717, 1.165) is 30.3 Å². The number of hydrogen-bond acceptors (Lipinski definition) is 14. The Morgan fingerprint density at radius 1 is 0.864 bits per heavy atom. The summed E-state index contributed by atoms with van der Waals surface area (Å²) in [5, 5.41) is 80.6. The summed E-state index contributed by atoms with van der Waals surface area (Å²) < 4.78 is 22.2. The molecular formula is C30H26O14. The van der Waals surface area contributed by atoms with E-state index in [4.69, 9.17) is 18.6 Å². The molecule has 1 aromatic heterocycles. The molecule has 0 saturated carbocycles. The number of aliphatic hydroxyl groups excluding tert-OH is 3. The van der Waals surface area contributed by atoms with Crippen LogP contribution in [0.1, 0.15) is 5.56 Å². The number of phenolic OH excluding ortho intramolecular Hbond substituents is 5. The van der Waals surface area contributed by atoms with Gasteiger partial charge in [0.1, 0.15) is 40.4 Å². The SMILES string of the molecule is O=C(/C=C/c1ccc(O)cc1)OC1C(O)C(CO)OC(Oc2c(-c3ccc(O)c(O)c3)oc3cc(O)cc(O)c3c2=O)C1O. The van der Waals surface area contributed by atoms with Crippen LogP contribution >= 0.6 is 0 Å². The Labute approximate surface area is 247 Å². The molecule has 1 aliphatic rings. The Kier molecular flexibility index (Phi) is 8.33. The number of phenols is 5. The van der Waals surface area contributed by atoms with Gasteiger partial charge in [-0.3, -0.25) is 4.79 Å². The highest BCUT2D eigenvalue weighted by atomic mass is 16.7. The molecule has 0 aliphatic carbocycles. The molecule has 0 radical (unpaired) electrons. The van der Waals surface area contributed by atoms with E-state index in [1.54, 1.807) is 0 Å². The second-order valence-electron chi connectivity index (χ2n) is 9.78. The molecule has 0 amide bonds. The molecule has 1 saturated heterocycles. The average Bonchev–Trinajstić information content (AvgIpc) is 2.98. The van der Waals surface area contributed by atoms with Crippen molar-refractivity contribution in [3.63, 3.8) is 0 Å². The summed E-state index contributed by atoms with van der Waals surface area (Å²) in [7, 11) is 0. The minimum absolute atomic E-state index is 0.0124. The van der Waals surface area contributed by atoms with Gasteiger partial charge in [-0.2, -0.15) is 0 Å². The molecule has 14 nitrogen and oxygen atoms in total. The minimum Gasteiger partial charge on any atom is -0.508 e. The number of aliphatic hydroxyl groups is 3. The molecule has 1 aliphatic heterocycles. The number of rotatable bonds is 7. The number of ether oxygens (including phenoxy) is 3. The third kappa shape index (κ3) is 5.95. The Morgan fingerprint density at radius 2 is 1.59 bits per heavy atom. The molecule has 8 N–H and O–H groups in total. The van der Waals surface area contributed by atoms with Crippen LogP contribution in [0.5, 0.6) is 34.5 Å². The van der Waals surface area contributed by atoms with Crippen LogP contribution in [0.25, 0.3) is 28.4 Å². The predicted molar refractivity (Wildman–Crippen MR) is 150 cm³/mol. The van der Waals surface area contributed by atoms with Crippen molar-refractivity contribution in [3.05, 3.63) is 76.5 Å². The number of carbonyl (C=O) groups is 1. The normalized spacial score (nSPS) is 21.8. The Morgan fingerprint density at radius 3 is 2.27 bits per heavy atom. The van der Waals surface area contributed by atoms with Crippen molar-refractivity contribution >= 4 is 23.0 Å². The quantitative estimate of drug-likeness (QED) is 0.0840. The molecule has 44 heavy (non-hydrogen) atoms. The molecule has 5 unspecified atom stereocenters. The van der Waals surface area contributed by atoms with E-state index < -0.39 is 88.6 Å². The lowest BCUT2D eigenvalue weighted by atomic mass is 9.99. The molecule has 1 fully saturated rings. The van der Waals surface area contributed by atoms with Crippen LogP contribution in [0.3, 0.4) is 0 Å². The summed E-state index contributed by atoms with van der Waals surface area (Å²) >= 11 is 0. The van der Waals surface area contributed by atoms with Crippen molar-refractivity contribution in [2.24, 2.45) is 0 Å². The summed E-state index contributed by atoms with van der Waals surface area (Å²) in [5.41, 5.74) is -0.805. The summed E-state index contributed by atoms with van der Waals surface area (Å²) in [4.78, 5) is 26.2. The van der Waals surface area contributed by atoms with E-state index in [1.165, 1.54) is 36.4 Å². The molecule has 4 aromatic rings. The summed E-state index contributed by atoms with van der Waals surface area (Å²) in [5.74, 6) is -4.29. The van der Waals surface area contributed by atoms with Crippen LogP contribution in [0.4, 0.5) is 0 Å². The number of benzene rings is 3. The third-order valence-corrected chi connectivity index (χ3v) is 6.77. The molecule has 14 heteroatoms. The summed E-state index contributed by atoms with van der Waals surface area (Å²) in [6.45, 7) is -0.823. The second kappa shape index (κ2) is 12.1. The zero-order valence-electron chi connectivity index (χ0n) is 22.5. The molecule has 5 atom stereocenters. The number of esters is 1. The van der Waals surface area contributed by atoms with Gasteiger partial charge < -0.3 is 59.5 Å². The molecule has 230 valence electrons. The minimum atomic E-state index is -1.96. The van der Waals surface area contributed by atoms with Crippen molar-refractivity contribution in [1.29, 1.82) is 0 Å². The smallest absolute Gasteiger partial charge is 0.331 e. The van der Waals surface area contributed by atoms with Crippen LogP contribution in [0.15, 0.2) is 69.9 Å². The zero-order chi connectivity index (χ0) is 31.7. The topological polar surface area (TPSA) is 237 Å². The largest absolute Gasteiger partial charge is 0.508 e. The van der Waals surface area contributed by atoms with Crippen molar-refractivity contribution in [2.45, 2.75) is 30.7 Å². The van der Waals surface area contributed by atoms with Crippen LogP contribution in [0.2, 0.25) is 0 Å². The standard InChI is InChI=1S/C30H26O14/c31-12-21-24(38)28(43-22(37)8-3-13-1-5-15(32)6-2-13)26(40)30(42-21)44-29-25(39)23-19(36)10-16(33)11-20(23)41-27(29)14-4-7-17(34)18(35)9-14/h1-11,21,24,26,28,30-36,38,40H,12H2/b8-3+. The first kappa shape index (κ1) is 30.2. The first-order valence-electron chi connectivity index (χ1n) is 13.0. The number of aromatic hydroxyl groups is 5. The predicted octanol–water partition coefficient (Wildman–Crippen LogP) is 1.43. The lowest BCUT2D eigenvalue weighted by molar-refractivity contribution is -0.280. The van der Waals surface area contributed by atoms with E-state index >= 15 is 0 Å². The Hall–Kier alpha value is -5.28. The summed E-state index contributed by atoms with van der Waals surface area (Å²) in [6.07, 6.45) is -6.43. The number of carbonyl (C=O) groups excluding carboxylic acids is 1. The van der Waals surface area contributed by atoms with Gasteiger partial charge in [-0.05, 0) is 42.0 Å². The van der Waals surface area contributed by atoms with Gasteiger partial charge >= 0.3 is 5.97 Å². The zero-order valence-corrected chi connectivity index (χ0v) is 22.5. The Bertz CT molecular complexity index is 1780. The number of hydrogen-bond donors (Lipinski definition) is 8. The first-order valence-corrected chi connectivity index (χ1v) is 13.0. The van der Waals surface area contributed by atoms with Crippen molar-refractivity contribution in [1.82, 2.24) is 0 Å². The highest BCUT2D eigenvalue weighted by Gasteiger charge is 2.48. The lowest BCUT2D eigenvalue weighted by Crippen LogP contribution is -2.61. The highest BCUT2D eigenvalue weighted by molar-refractivity contribution is 5.88. The van der Waals surface area contributed by atoms with E-state index in [-0.39, 0.29) is 16.9 Å². The van der Waals surface area contributed by atoms with Gasteiger partial charge in [0.2, 0.25) is 17.5 Å². The van der Waals surface area contributed by atoms with E-state index in [9.17, 15) is 50.4 Å². The molecule has 2 heterocycles. The maximum Gasteiger partial charge on any atom is 0.331 e. The van der Waals surface area contributed by atoms with Gasteiger partial charge in [0.15, 0.2) is 29.5 Å². The van der Waals surface area contributed by atoms with Gasteiger partial charge in [-0.1, -0.05) is 12.1 Å². The van der Waals surface area contributed by atoms with E-state index in [0.29, 0.717) is 5.56 Å². The summed E-state index contributed by atoms with van der Waals surface area (Å²) in [6, 6.07) is 11.1. The van der Waals surface area contributed by atoms with Gasteiger partial charge in [0.25, 0.3) is 0 Å². The van der Waals surface area contributed by atoms with Gasteiger partial charge in [-0.25, -0.2) is 4.79 Å². The fraction of sp³-hybridized carbons (Fsp3) is 0.200. The fourth-order valence-electron chi connectivity index (χ4n) is 4.56. The van der Waals surface area contributed by atoms with E-state index in [1.807, 2.05) is 0 Å². The van der Waals surface area contributed by atoms with Gasteiger partial charge in [-0.15, -0.1) is 0 Å². The number of fused-ring (bicyclic) bond motifs is 1. The van der Waals surface area contributed by atoms with Crippen molar-refractivity contribution in [2.75, 3.05) is 6.61 Å². The van der Waals surface area contributed by atoms with Crippen LogP contribution in [-0.4, -0.2) is 84.1 Å². The molecule has 0 spiro atoms. The van der Waals surface area contributed by atoms with Gasteiger partial charge in [0, 0.05) is 23.8 Å². The maximum atomic E-state index is 13.6. The van der Waals surface area contributed by atoms with Crippen LogP contribution in [0, 0.1) is 0 Å². The fourth-order valence-corrected chi connectivity index (χ4v) is 4.56. The average molecular weight is 611 g/mol. The maximum absolute atomic E-state index is 13.6. The van der Waals surface area contributed by atoms with E-state index in [2.05, 4.69) is 0 Å². The van der Waals surface area contributed by atoms with Crippen molar-refractivity contribution in [3.8, 4) is 45.8 Å². The highest BCUT2D eigenvalue weighted by Crippen LogP contribution is 2.39. The van der Waals surface area contributed by atoms with Crippen LogP contribution < -0.4 is 10.2 Å². The second-order valence-corrected chi connectivity index (χ2v) is 9.78. The molecule has 3 aromatic carbocycles. The molecule has 0 bridgehead atoms. The lowest BCUT2D eigenvalue weighted by Gasteiger charge is -2.41. The van der Waals surface area contributed by atoms with Crippen molar-refractivity contribution < 1.29 is 64.3 Å².